The second kappa shape index (κ2) is 9.22. The maximum absolute atomic E-state index is 13.3. The Bertz CT molecular complexity index is 1230. The Morgan fingerprint density at radius 2 is 1.66 bits per heavy atom. The van der Waals surface area contributed by atoms with Crippen molar-refractivity contribution in [1.29, 1.82) is 0 Å². The highest BCUT2D eigenvalue weighted by atomic mass is 35.5. The standard InChI is InChI=1S/C22H18ClF3N2O3S/c1-15-9-11-18(12-10-15)32(30,31)28(17-6-4-5-16(13-17)22(24,25)26)14-21(29)27-20-8-3-2-7-19(20)23/h2-13H,14H2,1H3,(H,27,29). The average Bonchev–Trinajstić information content (AvgIpc) is 2.73. The number of sulfonamides is 1. The number of nitrogens with one attached hydrogen (secondary N) is 1. The molecule has 5 nitrogen and oxygen atoms in total. The van der Waals surface area contributed by atoms with Gasteiger partial charge in [-0.3, -0.25) is 9.10 Å². The van der Waals surface area contributed by atoms with Crippen LogP contribution in [0.25, 0.3) is 0 Å². The van der Waals surface area contributed by atoms with Crippen molar-refractivity contribution in [3.8, 4) is 0 Å². The number of anilines is 2. The summed E-state index contributed by atoms with van der Waals surface area (Å²) in [6.07, 6.45) is -4.69. The summed E-state index contributed by atoms with van der Waals surface area (Å²) in [6.45, 7) is 1.00. The van der Waals surface area contributed by atoms with Gasteiger partial charge in [-0.05, 0) is 49.4 Å². The van der Waals surface area contributed by atoms with Crippen molar-refractivity contribution in [3.63, 3.8) is 0 Å². The lowest BCUT2D eigenvalue weighted by atomic mass is 10.2. The number of carbonyl (C=O) groups excluding carboxylic acids is 1. The van der Waals surface area contributed by atoms with Gasteiger partial charge in [0.05, 0.1) is 26.9 Å². The molecule has 0 unspecified atom stereocenters. The Balaban J connectivity index is 2.02. The van der Waals surface area contributed by atoms with E-state index in [4.69, 9.17) is 11.6 Å². The van der Waals surface area contributed by atoms with E-state index < -0.39 is 34.2 Å². The molecule has 168 valence electrons. The van der Waals surface area contributed by atoms with Crippen LogP contribution < -0.4 is 9.62 Å². The first-order chi connectivity index (χ1) is 15.0. The molecule has 0 spiro atoms. The van der Waals surface area contributed by atoms with Crippen molar-refractivity contribution in [2.45, 2.75) is 18.0 Å². The van der Waals surface area contributed by atoms with Gasteiger partial charge in [0.2, 0.25) is 5.91 Å². The largest absolute Gasteiger partial charge is 0.416 e. The van der Waals surface area contributed by atoms with Crippen LogP contribution in [-0.2, 0) is 21.0 Å². The van der Waals surface area contributed by atoms with E-state index in [1.54, 1.807) is 31.2 Å². The normalized spacial score (nSPS) is 11.8. The van der Waals surface area contributed by atoms with Gasteiger partial charge in [0.25, 0.3) is 10.0 Å². The third kappa shape index (κ3) is 5.41. The molecule has 0 fully saturated rings. The number of para-hydroxylation sites is 1. The van der Waals surface area contributed by atoms with E-state index in [1.165, 1.54) is 30.3 Å². The lowest BCUT2D eigenvalue weighted by molar-refractivity contribution is -0.137. The van der Waals surface area contributed by atoms with Crippen molar-refractivity contribution >= 4 is 38.9 Å². The Labute approximate surface area is 188 Å². The molecule has 1 N–H and O–H groups in total. The zero-order valence-corrected chi connectivity index (χ0v) is 18.3. The number of aryl methyl sites for hydroxylation is 1. The smallest absolute Gasteiger partial charge is 0.323 e. The number of nitrogens with zero attached hydrogens (tertiary/aromatic N) is 1. The summed E-state index contributed by atoms with van der Waals surface area (Å²) in [5.41, 5.74) is -0.290. The van der Waals surface area contributed by atoms with Crippen LogP contribution in [0.4, 0.5) is 24.5 Å². The zero-order chi connectivity index (χ0) is 23.5. The van der Waals surface area contributed by atoms with Crippen molar-refractivity contribution in [2.75, 3.05) is 16.2 Å². The third-order valence-corrected chi connectivity index (χ3v) is 6.62. The summed E-state index contributed by atoms with van der Waals surface area (Å²) in [4.78, 5) is 12.5. The summed E-state index contributed by atoms with van der Waals surface area (Å²) in [5, 5.41) is 2.72. The fraction of sp³-hybridized carbons (Fsp3) is 0.136. The van der Waals surface area contributed by atoms with Crippen molar-refractivity contribution in [3.05, 3.63) is 88.9 Å². The van der Waals surface area contributed by atoms with Crippen molar-refractivity contribution in [2.24, 2.45) is 0 Å². The van der Waals surface area contributed by atoms with E-state index in [0.29, 0.717) is 10.4 Å². The highest BCUT2D eigenvalue weighted by Crippen LogP contribution is 2.33. The number of amides is 1. The maximum atomic E-state index is 13.3. The van der Waals surface area contributed by atoms with Gasteiger partial charge in [-0.25, -0.2) is 8.42 Å². The van der Waals surface area contributed by atoms with Gasteiger partial charge in [0.15, 0.2) is 0 Å². The van der Waals surface area contributed by atoms with Crippen LogP contribution in [-0.4, -0.2) is 20.9 Å². The predicted octanol–water partition coefficient (Wildman–Crippen LogP) is 5.50. The number of benzene rings is 3. The SMILES string of the molecule is Cc1ccc(S(=O)(=O)N(CC(=O)Nc2ccccc2Cl)c2cccc(C(F)(F)F)c2)cc1. The average molecular weight is 483 g/mol. The molecular formula is C22H18ClF3N2O3S. The van der Waals surface area contributed by atoms with Crippen LogP contribution in [0.1, 0.15) is 11.1 Å². The monoisotopic (exact) mass is 482 g/mol. The molecule has 0 saturated carbocycles. The molecule has 0 aliphatic rings. The van der Waals surface area contributed by atoms with Crippen LogP contribution in [0.15, 0.2) is 77.7 Å². The molecule has 0 heterocycles. The van der Waals surface area contributed by atoms with Gasteiger partial charge >= 0.3 is 6.18 Å². The highest BCUT2D eigenvalue weighted by molar-refractivity contribution is 7.92. The molecule has 32 heavy (non-hydrogen) atoms. The highest BCUT2D eigenvalue weighted by Gasteiger charge is 2.33. The third-order valence-electron chi connectivity index (χ3n) is 4.51. The predicted molar refractivity (Wildman–Crippen MR) is 117 cm³/mol. The Morgan fingerprint density at radius 1 is 1.00 bits per heavy atom. The van der Waals surface area contributed by atoms with Gasteiger partial charge in [0, 0.05) is 0 Å². The number of carbonyl (C=O) groups is 1. The quantitative estimate of drug-likeness (QED) is 0.504. The van der Waals surface area contributed by atoms with Crippen molar-refractivity contribution in [1.82, 2.24) is 0 Å². The summed E-state index contributed by atoms with van der Waals surface area (Å²) in [5.74, 6) is -0.772. The topological polar surface area (TPSA) is 66.5 Å². The molecule has 10 heteroatoms. The van der Waals surface area contributed by atoms with Crippen LogP contribution in [0.5, 0.6) is 0 Å². The van der Waals surface area contributed by atoms with Gasteiger partial charge < -0.3 is 5.32 Å². The lowest BCUT2D eigenvalue weighted by Crippen LogP contribution is -2.38. The van der Waals surface area contributed by atoms with Gasteiger partial charge in [-0.1, -0.05) is 47.5 Å². The molecule has 3 aromatic carbocycles. The van der Waals surface area contributed by atoms with E-state index in [0.717, 1.165) is 17.7 Å². The number of alkyl halides is 3. The Kier molecular flexibility index (Phi) is 6.80. The number of hydrogen-bond donors (Lipinski definition) is 1. The first-order valence-electron chi connectivity index (χ1n) is 9.29. The molecule has 3 rings (SSSR count). The van der Waals surface area contributed by atoms with E-state index in [9.17, 15) is 26.4 Å². The van der Waals surface area contributed by atoms with E-state index >= 15 is 0 Å². The van der Waals surface area contributed by atoms with Gasteiger partial charge in [-0.15, -0.1) is 0 Å². The molecular weight excluding hydrogens is 465 g/mol. The fourth-order valence-electron chi connectivity index (χ4n) is 2.87. The molecule has 1 amide bonds. The second-order valence-electron chi connectivity index (χ2n) is 6.90. The van der Waals surface area contributed by atoms with E-state index in [1.807, 2.05) is 0 Å². The van der Waals surface area contributed by atoms with Crippen LogP contribution >= 0.6 is 11.6 Å². The molecule has 0 aliphatic heterocycles. The van der Waals surface area contributed by atoms with Gasteiger partial charge in [0.1, 0.15) is 6.54 Å². The number of halogens is 4. The summed E-state index contributed by atoms with van der Waals surface area (Å²) >= 11 is 6.02. The molecule has 3 aromatic rings. The maximum Gasteiger partial charge on any atom is 0.416 e. The Morgan fingerprint density at radius 3 is 2.28 bits per heavy atom. The molecule has 0 radical (unpaired) electrons. The minimum atomic E-state index is -4.69. The fourth-order valence-corrected chi connectivity index (χ4v) is 4.47. The Hall–Kier alpha value is -3.04. The molecule has 0 aliphatic carbocycles. The molecule has 0 saturated heterocycles. The van der Waals surface area contributed by atoms with Gasteiger partial charge in [-0.2, -0.15) is 13.2 Å². The lowest BCUT2D eigenvalue weighted by Gasteiger charge is -2.25. The van der Waals surface area contributed by atoms with Crippen molar-refractivity contribution < 1.29 is 26.4 Å². The number of rotatable bonds is 6. The molecule has 0 atom stereocenters. The van der Waals surface area contributed by atoms with E-state index in [2.05, 4.69) is 5.32 Å². The summed E-state index contributed by atoms with van der Waals surface area (Å²) in [6, 6.07) is 15.9. The summed E-state index contributed by atoms with van der Waals surface area (Å²) < 4.78 is 66.9. The van der Waals surface area contributed by atoms with Crippen LogP contribution in [0.2, 0.25) is 5.02 Å². The number of hydrogen-bond acceptors (Lipinski definition) is 3. The minimum Gasteiger partial charge on any atom is -0.323 e. The minimum absolute atomic E-state index is 0.161. The molecule has 0 bridgehead atoms. The van der Waals surface area contributed by atoms with Crippen LogP contribution in [0, 0.1) is 6.92 Å². The van der Waals surface area contributed by atoms with Crippen LogP contribution in [0.3, 0.4) is 0 Å². The zero-order valence-electron chi connectivity index (χ0n) is 16.7. The first kappa shape index (κ1) is 23.6. The molecule has 0 aromatic heterocycles. The van der Waals surface area contributed by atoms with E-state index in [-0.39, 0.29) is 21.3 Å². The second-order valence-corrected chi connectivity index (χ2v) is 9.17. The summed E-state index contributed by atoms with van der Waals surface area (Å²) in [7, 11) is -4.36. The first-order valence-corrected chi connectivity index (χ1v) is 11.1.